The van der Waals surface area contributed by atoms with Crippen LogP contribution in [-0.2, 0) is 0 Å². The van der Waals surface area contributed by atoms with Crippen molar-refractivity contribution in [3.63, 3.8) is 0 Å². The third-order valence-electron chi connectivity index (χ3n) is 2.59. The van der Waals surface area contributed by atoms with Crippen molar-refractivity contribution in [2.45, 2.75) is 19.3 Å². The number of nitrogens with one attached hydrogen (secondary N) is 1. The maximum absolute atomic E-state index is 5.72. The van der Waals surface area contributed by atoms with E-state index in [0.29, 0.717) is 4.99 Å². The molecule has 0 bridgehead atoms. The minimum absolute atomic E-state index is 0.432. The fourth-order valence-corrected chi connectivity index (χ4v) is 2.67. The van der Waals surface area contributed by atoms with E-state index in [1.165, 1.54) is 25.0 Å². The number of hydrogen-bond acceptors (Lipinski definition) is 3. The maximum atomic E-state index is 5.72. The summed E-state index contributed by atoms with van der Waals surface area (Å²) in [5, 5.41) is 3.40. The van der Waals surface area contributed by atoms with E-state index in [4.69, 9.17) is 18.0 Å². The van der Waals surface area contributed by atoms with Gasteiger partial charge in [0.2, 0.25) is 0 Å². The Bertz CT molecular complexity index is 397. The van der Waals surface area contributed by atoms with Crippen molar-refractivity contribution in [1.82, 2.24) is 0 Å². The van der Waals surface area contributed by atoms with Crippen LogP contribution in [-0.4, -0.2) is 23.5 Å². The summed E-state index contributed by atoms with van der Waals surface area (Å²) in [6.07, 6.45) is 5.86. The molecule has 1 aromatic rings. The van der Waals surface area contributed by atoms with E-state index in [9.17, 15) is 0 Å². The molecular weight excluding hydrogens is 328 g/mol. The fourth-order valence-electron chi connectivity index (χ4n) is 1.65. The molecule has 0 saturated heterocycles. The molecule has 2 nitrogen and oxygen atoms in total. The van der Waals surface area contributed by atoms with E-state index in [0.717, 1.165) is 22.3 Å². The summed E-state index contributed by atoms with van der Waals surface area (Å²) in [5.41, 5.74) is 7.65. The van der Waals surface area contributed by atoms with Gasteiger partial charge in [0.15, 0.2) is 0 Å². The molecule has 0 fully saturated rings. The maximum Gasteiger partial charge on any atom is 0.106 e. The molecule has 0 radical (unpaired) electrons. The largest absolute Gasteiger partial charge is 0.389 e. The van der Waals surface area contributed by atoms with Crippen LogP contribution in [0.1, 0.15) is 24.8 Å². The van der Waals surface area contributed by atoms with E-state index in [2.05, 4.69) is 27.5 Å². The summed E-state index contributed by atoms with van der Waals surface area (Å²) in [5.74, 6) is 1.25. The molecule has 0 atom stereocenters. The van der Waals surface area contributed by atoms with Gasteiger partial charge in [0.25, 0.3) is 0 Å². The molecule has 0 aliphatic heterocycles. The smallest absolute Gasteiger partial charge is 0.106 e. The highest BCUT2D eigenvalue weighted by Crippen LogP contribution is 2.21. The summed E-state index contributed by atoms with van der Waals surface area (Å²) in [4.78, 5) is 0.432. The second kappa shape index (κ2) is 8.77. The lowest BCUT2D eigenvalue weighted by atomic mass is 10.1. The zero-order valence-corrected chi connectivity index (χ0v) is 13.8. The second-order valence-electron chi connectivity index (χ2n) is 4.03. The first-order chi connectivity index (χ1) is 8.65. The molecule has 0 saturated carbocycles. The molecule has 0 aliphatic carbocycles. The van der Waals surface area contributed by atoms with Crippen LogP contribution >= 0.6 is 39.9 Å². The van der Waals surface area contributed by atoms with Crippen molar-refractivity contribution in [3.8, 4) is 0 Å². The lowest BCUT2D eigenvalue weighted by Crippen LogP contribution is -2.13. The van der Waals surface area contributed by atoms with Crippen LogP contribution in [0.25, 0.3) is 0 Å². The van der Waals surface area contributed by atoms with Crippen molar-refractivity contribution in [1.29, 1.82) is 0 Å². The lowest BCUT2D eigenvalue weighted by molar-refractivity contribution is 0.750. The Morgan fingerprint density at radius 2 is 2.17 bits per heavy atom. The van der Waals surface area contributed by atoms with E-state index >= 15 is 0 Å². The molecule has 0 amide bonds. The number of benzene rings is 1. The van der Waals surface area contributed by atoms with Gasteiger partial charge in [-0.05, 0) is 43.0 Å². The predicted molar refractivity (Wildman–Crippen MR) is 90.8 cm³/mol. The lowest BCUT2D eigenvalue weighted by Gasteiger charge is -2.11. The monoisotopic (exact) mass is 346 g/mol. The van der Waals surface area contributed by atoms with Crippen molar-refractivity contribution < 1.29 is 0 Å². The molecular formula is C13H19BrN2S2. The number of unbranched alkanes of at least 4 members (excludes halogenated alkanes) is 2. The molecule has 5 heteroatoms. The highest BCUT2D eigenvalue weighted by atomic mass is 79.9. The molecule has 0 unspecified atom stereocenters. The Labute approximate surface area is 127 Å². The van der Waals surface area contributed by atoms with Gasteiger partial charge in [-0.1, -0.05) is 34.6 Å². The quantitative estimate of drug-likeness (QED) is 0.550. The zero-order valence-electron chi connectivity index (χ0n) is 10.5. The minimum atomic E-state index is 0.432. The molecule has 0 spiro atoms. The van der Waals surface area contributed by atoms with Gasteiger partial charge in [-0.3, -0.25) is 0 Å². The van der Waals surface area contributed by atoms with Crippen molar-refractivity contribution in [2.24, 2.45) is 5.73 Å². The molecule has 1 aromatic carbocycles. The second-order valence-corrected chi connectivity index (χ2v) is 6.38. The molecule has 0 aromatic heterocycles. The minimum Gasteiger partial charge on any atom is -0.389 e. The molecule has 18 heavy (non-hydrogen) atoms. The summed E-state index contributed by atoms with van der Waals surface area (Å²) in [6.45, 7) is 0.964. The van der Waals surface area contributed by atoms with Gasteiger partial charge in [-0.15, -0.1) is 0 Å². The van der Waals surface area contributed by atoms with Gasteiger partial charge < -0.3 is 11.1 Å². The van der Waals surface area contributed by atoms with Crippen LogP contribution in [0.15, 0.2) is 22.7 Å². The van der Waals surface area contributed by atoms with Gasteiger partial charge in [0.05, 0.1) is 0 Å². The normalized spacial score (nSPS) is 10.3. The number of rotatable bonds is 8. The molecule has 100 valence electrons. The van der Waals surface area contributed by atoms with Gasteiger partial charge >= 0.3 is 0 Å². The molecule has 3 N–H and O–H groups in total. The van der Waals surface area contributed by atoms with Gasteiger partial charge in [0.1, 0.15) is 4.99 Å². The Kier molecular flexibility index (Phi) is 7.70. The number of halogens is 1. The standard InChI is InChI=1S/C13H19BrN2S2/c1-18-8-4-2-3-7-16-12-6-5-10(14)9-11(12)13(15)17/h5-6,9,16H,2-4,7-8H2,1H3,(H2,15,17). The van der Waals surface area contributed by atoms with Gasteiger partial charge in [-0.25, -0.2) is 0 Å². The third kappa shape index (κ3) is 5.59. The SMILES string of the molecule is CSCCCCCNc1ccc(Br)cc1C(N)=S. The molecule has 0 heterocycles. The number of anilines is 1. The topological polar surface area (TPSA) is 38.0 Å². The van der Waals surface area contributed by atoms with Crippen LogP contribution in [0.4, 0.5) is 5.69 Å². The molecule has 1 rings (SSSR count). The van der Waals surface area contributed by atoms with Crippen LogP contribution in [0.2, 0.25) is 0 Å². The highest BCUT2D eigenvalue weighted by molar-refractivity contribution is 9.10. The van der Waals surface area contributed by atoms with Crippen molar-refractivity contribution in [3.05, 3.63) is 28.2 Å². The van der Waals surface area contributed by atoms with Crippen molar-refractivity contribution in [2.75, 3.05) is 23.9 Å². The average molecular weight is 347 g/mol. The number of thioether (sulfide) groups is 1. The van der Waals surface area contributed by atoms with Crippen LogP contribution in [0.5, 0.6) is 0 Å². The first-order valence-electron chi connectivity index (χ1n) is 5.97. The molecule has 0 aliphatic rings. The fraction of sp³-hybridized carbons (Fsp3) is 0.462. The first kappa shape index (κ1) is 15.8. The van der Waals surface area contributed by atoms with Crippen molar-refractivity contribution >= 4 is 50.6 Å². The van der Waals surface area contributed by atoms with Crippen LogP contribution < -0.4 is 11.1 Å². The highest BCUT2D eigenvalue weighted by Gasteiger charge is 2.05. The van der Waals surface area contributed by atoms with E-state index < -0.39 is 0 Å². The Morgan fingerprint density at radius 1 is 1.39 bits per heavy atom. The number of hydrogen-bond donors (Lipinski definition) is 2. The predicted octanol–water partition coefficient (Wildman–Crippen LogP) is 4.03. The average Bonchev–Trinajstić information content (AvgIpc) is 2.35. The summed E-state index contributed by atoms with van der Waals surface area (Å²) >= 11 is 10.4. The van der Waals surface area contributed by atoms with E-state index in [-0.39, 0.29) is 0 Å². The van der Waals surface area contributed by atoms with Crippen LogP contribution in [0.3, 0.4) is 0 Å². The summed E-state index contributed by atoms with van der Waals surface area (Å²) < 4.78 is 0.996. The van der Waals surface area contributed by atoms with Gasteiger partial charge in [-0.2, -0.15) is 11.8 Å². The Morgan fingerprint density at radius 3 is 2.83 bits per heavy atom. The van der Waals surface area contributed by atoms with Gasteiger partial charge in [0, 0.05) is 22.3 Å². The summed E-state index contributed by atoms with van der Waals surface area (Å²) in [7, 11) is 0. The van der Waals surface area contributed by atoms with Crippen LogP contribution in [0, 0.1) is 0 Å². The zero-order chi connectivity index (χ0) is 13.4. The first-order valence-corrected chi connectivity index (χ1v) is 8.57. The third-order valence-corrected chi connectivity index (χ3v) is 4.00. The summed E-state index contributed by atoms with van der Waals surface area (Å²) in [6, 6.07) is 5.97. The van der Waals surface area contributed by atoms with E-state index in [1.54, 1.807) is 0 Å². The number of nitrogens with two attached hydrogens (primary N) is 1. The van der Waals surface area contributed by atoms with E-state index in [1.807, 2.05) is 30.0 Å². The number of thiocarbonyl (C=S) groups is 1. The Hall–Kier alpha value is -0.260. The Balaban J connectivity index is 2.44.